The van der Waals surface area contributed by atoms with Crippen LogP contribution in [-0.4, -0.2) is 19.5 Å². The van der Waals surface area contributed by atoms with E-state index in [4.69, 9.17) is 19.4 Å². The molecule has 3 heterocycles. The van der Waals surface area contributed by atoms with E-state index in [1.165, 1.54) is 16.3 Å². The molecule has 10 aromatic rings. The zero-order valence-corrected chi connectivity index (χ0v) is 26.9. The molecule has 0 radical (unpaired) electrons. The molecule has 0 fully saturated rings. The average molecular weight is 641 g/mol. The van der Waals surface area contributed by atoms with Gasteiger partial charge in [-0.3, -0.25) is 0 Å². The second-order valence-corrected chi connectivity index (χ2v) is 12.5. The Kier molecular flexibility index (Phi) is 6.42. The second-order valence-electron chi connectivity index (χ2n) is 12.5. The zero-order valence-electron chi connectivity index (χ0n) is 26.9. The molecule has 0 saturated carbocycles. The van der Waals surface area contributed by atoms with Crippen LogP contribution in [0.15, 0.2) is 174 Å². The number of furan rings is 1. The Hall–Kier alpha value is -6.85. The number of hydrogen-bond donors (Lipinski definition) is 0. The second kappa shape index (κ2) is 11.4. The van der Waals surface area contributed by atoms with Gasteiger partial charge in [0.15, 0.2) is 17.5 Å². The van der Waals surface area contributed by atoms with Crippen LogP contribution in [-0.2, 0) is 0 Å². The highest BCUT2D eigenvalue weighted by atomic mass is 16.3. The molecule has 0 aliphatic carbocycles. The van der Waals surface area contributed by atoms with Gasteiger partial charge in [-0.15, -0.1) is 0 Å². The first-order valence-electron chi connectivity index (χ1n) is 16.7. The topological polar surface area (TPSA) is 56.7 Å². The molecule has 0 amide bonds. The number of hydrogen-bond acceptors (Lipinski definition) is 4. The Morgan fingerprint density at radius 1 is 0.380 bits per heavy atom. The summed E-state index contributed by atoms with van der Waals surface area (Å²) < 4.78 is 8.94. The molecule has 0 saturated heterocycles. The molecule has 0 unspecified atom stereocenters. The summed E-state index contributed by atoms with van der Waals surface area (Å²) in [6, 6.07) is 58.7. The summed E-state index contributed by atoms with van der Waals surface area (Å²) >= 11 is 0. The lowest BCUT2D eigenvalue weighted by Crippen LogP contribution is -2.00. The van der Waals surface area contributed by atoms with E-state index >= 15 is 0 Å². The molecule has 5 heteroatoms. The summed E-state index contributed by atoms with van der Waals surface area (Å²) in [5, 5.41) is 4.47. The molecule has 0 spiro atoms. The number of benzene rings is 7. The maximum absolute atomic E-state index is 6.60. The molecular formula is C45H28N4O. The van der Waals surface area contributed by atoms with Crippen molar-refractivity contribution in [2.45, 2.75) is 0 Å². The quantitative estimate of drug-likeness (QED) is 0.188. The van der Waals surface area contributed by atoms with Crippen LogP contribution in [0.3, 0.4) is 0 Å². The molecule has 3 aromatic heterocycles. The van der Waals surface area contributed by atoms with Crippen LogP contribution >= 0.6 is 0 Å². The lowest BCUT2D eigenvalue weighted by atomic mass is 9.97. The van der Waals surface area contributed by atoms with Crippen LogP contribution in [0, 0.1) is 0 Å². The van der Waals surface area contributed by atoms with Crippen LogP contribution in [0.1, 0.15) is 0 Å². The van der Waals surface area contributed by atoms with Gasteiger partial charge in [-0.2, -0.15) is 0 Å². The fourth-order valence-electron chi connectivity index (χ4n) is 7.10. The predicted molar refractivity (Wildman–Crippen MR) is 203 cm³/mol. The van der Waals surface area contributed by atoms with Gasteiger partial charge in [-0.05, 0) is 59.7 Å². The average Bonchev–Trinajstić information content (AvgIpc) is 3.74. The smallest absolute Gasteiger partial charge is 0.167 e. The molecule has 0 bridgehead atoms. The summed E-state index contributed by atoms with van der Waals surface area (Å²) in [5.41, 5.74) is 9.86. The summed E-state index contributed by atoms with van der Waals surface area (Å²) in [7, 11) is 0. The van der Waals surface area contributed by atoms with Gasteiger partial charge in [0.05, 0.1) is 16.6 Å². The van der Waals surface area contributed by atoms with E-state index in [-0.39, 0.29) is 0 Å². The summed E-state index contributed by atoms with van der Waals surface area (Å²) in [6.45, 7) is 0. The van der Waals surface area contributed by atoms with Gasteiger partial charge in [0.1, 0.15) is 11.2 Å². The van der Waals surface area contributed by atoms with Crippen LogP contribution in [0.4, 0.5) is 0 Å². The SMILES string of the molecule is c1ccc(-c2nc(-c3ccccc3)nc(-c3cc(-c4ccc5c(c4)c4ccccc4n5-c4ccccc4)cc4c3oc3ccccc34)n2)cc1. The van der Waals surface area contributed by atoms with Crippen LogP contribution in [0.25, 0.3) is 94.7 Å². The van der Waals surface area contributed by atoms with Crippen molar-refractivity contribution in [1.29, 1.82) is 0 Å². The number of aromatic nitrogens is 4. The summed E-state index contributed by atoms with van der Waals surface area (Å²) in [5.74, 6) is 1.78. The highest BCUT2D eigenvalue weighted by Crippen LogP contribution is 2.41. The van der Waals surface area contributed by atoms with Gasteiger partial charge < -0.3 is 8.98 Å². The van der Waals surface area contributed by atoms with Crippen molar-refractivity contribution >= 4 is 43.7 Å². The first kappa shape index (κ1) is 28.2. The molecule has 5 nitrogen and oxygen atoms in total. The number of rotatable bonds is 5. The van der Waals surface area contributed by atoms with Crippen molar-refractivity contribution in [3.63, 3.8) is 0 Å². The van der Waals surface area contributed by atoms with E-state index in [1.54, 1.807) is 0 Å². The molecule has 0 aliphatic rings. The maximum atomic E-state index is 6.60. The molecule has 10 rings (SSSR count). The van der Waals surface area contributed by atoms with Crippen LogP contribution in [0.2, 0.25) is 0 Å². The minimum absolute atomic E-state index is 0.561. The number of nitrogens with zero attached hydrogens (tertiary/aromatic N) is 4. The first-order chi connectivity index (χ1) is 24.8. The van der Waals surface area contributed by atoms with Gasteiger partial charge in [-0.25, -0.2) is 15.0 Å². The Balaban J connectivity index is 1.24. The number of para-hydroxylation sites is 3. The third kappa shape index (κ3) is 4.60. The monoisotopic (exact) mass is 640 g/mol. The standard InChI is InChI=1S/C45H28N4O/c1-4-14-29(15-5-1)43-46-44(30-16-6-2-7-17-30)48-45(47-43)38-28-32(27-37-35-21-11-13-23-41(35)50-42(37)38)31-24-25-40-36(26-31)34-20-10-12-22-39(34)49(40)33-18-8-3-9-19-33/h1-28H. The van der Waals surface area contributed by atoms with Gasteiger partial charge in [-0.1, -0.05) is 121 Å². The van der Waals surface area contributed by atoms with Crippen molar-refractivity contribution in [2.75, 3.05) is 0 Å². The van der Waals surface area contributed by atoms with Crippen molar-refractivity contribution in [1.82, 2.24) is 19.5 Å². The van der Waals surface area contributed by atoms with E-state index in [0.717, 1.165) is 61.0 Å². The lowest BCUT2D eigenvalue weighted by molar-refractivity contribution is 0.669. The Morgan fingerprint density at radius 3 is 1.66 bits per heavy atom. The van der Waals surface area contributed by atoms with Crippen molar-refractivity contribution < 1.29 is 4.42 Å². The zero-order chi connectivity index (χ0) is 33.0. The summed E-state index contributed by atoms with van der Waals surface area (Å²) in [6.07, 6.45) is 0. The van der Waals surface area contributed by atoms with Crippen LogP contribution < -0.4 is 0 Å². The normalized spacial score (nSPS) is 11.6. The highest BCUT2D eigenvalue weighted by molar-refractivity contribution is 6.13. The van der Waals surface area contributed by atoms with Crippen molar-refractivity contribution in [3.05, 3.63) is 170 Å². The maximum Gasteiger partial charge on any atom is 0.167 e. The molecule has 234 valence electrons. The highest BCUT2D eigenvalue weighted by Gasteiger charge is 2.20. The molecule has 0 N–H and O–H groups in total. The molecule has 7 aromatic carbocycles. The molecule has 0 atom stereocenters. The summed E-state index contributed by atoms with van der Waals surface area (Å²) in [4.78, 5) is 15.1. The fourth-order valence-corrected chi connectivity index (χ4v) is 7.10. The van der Waals surface area contributed by atoms with Gasteiger partial charge in [0, 0.05) is 38.4 Å². The third-order valence-corrected chi connectivity index (χ3v) is 9.44. The van der Waals surface area contributed by atoms with Gasteiger partial charge >= 0.3 is 0 Å². The number of fused-ring (bicyclic) bond motifs is 6. The van der Waals surface area contributed by atoms with E-state index in [1.807, 2.05) is 72.8 Å². The first-order valence-corrected chi connectivity index (χ1v) is 16.7. The Morgan fingerprint density at radius 2 is 0.940 bits per heavy atom. The third-order valence-electron chi connectivity index (χ3n) is 9.44. The Labute approximate surface area is 287 Å². The van der Waals surface area contributed by atoms with E-state index in [9.17, 15) is 0 Å². The minimum Gasteiger partial charge on any atom is -0.455 e. The van der Waals surface area contributed by atoms with Crippen molar-refractivity contribution in [2.24, 2.45) is 0 Å². The molecule has 0 aliphatic heterocycles. The fraction of sp³-hybridized carbons (Fsp3) is 0. The van der Waals surface area contributed by atoms with Crippen molar-refractivity contribution in [3.8, 4) is 51.0 Å². The molecule has 50 heavy (non-hydrogen) atoms. The lowest BCUT2D eigenvalue weighted by Gasteiger charge is -2.11. The Bertz CT molecular complexity index is 2800. The minimum atomic E-state index is 0.561. The predicted octanol–water partition coefficient (Wildman–Crippen LogP) is 11.5. The van der Waals surface area contributed by atoms with E-state index < -0.39 is 0 Å². The van der Waals surface area contributed by atoms with Gasteiger partial charge in [0.2, 0.25) is 0 Å². The van der Waals surface area contributed by atoms with Crippen LogP contribution in [0.5, 0.6) is 0 Å². The van der Waals surface area contributed by atoms with E-state index in [2.05, 4.69) is 102 Å². The van der Waals surface area contributed by atoms with Gasteiger partial charge in [0.25, 0.3) is 0 Å². The largest absolute Gasteiger partial charge is 0.455 e. The molecular weight excluding hydrogens is 613 g/mol. The van der Waals surface area contributed by atoms with E-state index in [0.29, 0.717) is 17.5 Å².